The lowest BCUT2D eigenvalue weighted by atomic mass is 9.90. The Morgan fingerprint density at radius 3 is 0.869 bits per heavy atom. The van der Waals surface area contributed by atoms with Crippen molar-refractivity contribution in [2.45, 2.75) is 6.92 Å². The Labute approximate surface area is 362 Å². The second-order valence-corrected chi connectivity index (χ2v) is 18.5. The molecule has 8 aromatic carbocycles. The number of ether oxygens (including phenoxy) is 5. The van der Waals surface area contributed by atoms with Crippen molar-refractivity contribution in [2.75, 3.05) is 35.5 Å². The van der Waals surface area contributed by atoms with Crippen LogP contribution in [0.1, 0.15) is 5.56 Å². The first kappa shape index (κ1) is 41.4. The molecule has 304 valence electrons. The molecule has 5 nitrogen and oxygen atoms in total. The average Bonchev–Trinajstić information content (AvgIpc) is 3.33. The van der Waals surface area contributed by atoms with Crippen molar-refractivity contribution in [1.29, 1.82) is 0 Å². The van der Waals surface area contributed by atoms with Crippen molar-refractivity contribution < 1.29 is 23.7 Å². The maximum absolute atomic E-state index is 6.74. The minimum Gasteiger partial charge on any atom is -0.493 e. The first-order valence-corrected chi connectivity index (χ1v) is 22.8. The number of rotatable bonds is 14. The molecule has 0 saturated carbocycles. The Kier molecular flexibility index (Phi) is 12.8. The fourth-order valence-electron chi connectivity index (χ4n) is 8.36. The van der Waals surface area contributed by atoms with Gasteiger partial charge in [-0.25, -0.2) is 0 Å². The SMILES string of the molecule is COc1c(C)c(-c2ccccc2)c(P(c2ccccc2)c2ccccc2)c(-c2c(OC)c(OC)c(OC)c(-c3ccccc3)c2P(c2ccccc2)c2ccccc2)c1OC. The lowest BCUT2D eigenvalue weighted by Crippen LogP contribution is -2.29. The fourth-order valence-corrected chi connectivity index (χ4v) is 13.7. The quantitative estimate of drug-likeness (QED) is 0.102. The van der Waals surface area contributed by atoms with E-state index in [1.165, 1.54) is 10.6 Å². The molecule has 0 aliphatic heterocycles. The summed E-state index contributed by atoms with van der Waals surface area (Å²) in [5, 5.41) is 6.84. The molecule has 0 fully saturated rings. The van der Waals surface area contributed by atoms with E-state index in [0.717, 1.165) is 60.2 Å². The van der Waals surface area contributed by atoms with Gasteiger partial charge in [-0.3, -0.25) is 0 Å². The summed E-state index contributed by atoms with van der Waals surface area (Å²) < 4.78 is 32.9. The number of benzene rings is 8. The Morgan fingerprint density at radius 2 is 0.541 bits per heavy atom. The lowest BCUT2D eigenvalue weighted by Gasteiger charge is -2.34. The van der Waals surface area contributed by atoms with Crippen LogP contribution in [0.25, 0.3) is 33.4 Å². The van der Waals surface area contributed by atoms with Gasteiger partial charge in [0.1, 0.15) is 0 Å². The van der Waals surface area contributed by atoms with Gasteiger partial charge in [-0.2, -0.15) is 0 Å². The molecule has 0 unspecified atom stereocenters. The molecule has 0 amide bonds. The van der Waals surface area contributed by atoms with E-state index >= 15 is 0 Å². The van der Waals surface area contributed by atoms with Crippen LogP contribution in [0.5, 0.6) is 28.7 Å². The third-order valence-electron chi connectivity index (χ3n) is 10.9. The number of hydrogen-bond acceptors (Lipinski definition) is 5. The predicted octanol–water partition coefficient (Wildman–Crippen LogP) is 10.6. The summed E-state index contributed by atoms with van der Waals surface area (Å²) in [6.45, 7) is 2.14. The molecule has 0 heterocycles. The maximum Gasteiger partial charge on any atom is 0.204 e. The van der Waals surface area contributed by atoms with Crippen molar-refractivity contribution in [2.24, 2.45) is 0 Å². The molecule has 0 aromatic heterocycles. The summed E-state index contributed by atoms with van der Waals surface area (Å²) >= 11 is 0. The van der Waals surface area contributed by atoms with Crippen LogP contribution in [0.3, 0.4) is 0 Å². The van der Waals surface area contributed by atoms with Crippen LogP contribution in [0.2, 0.25) is 0 Å². The highest BCUT2D eigenvalue weighted by molar-refractivity contribution is 7.81. The van der Waals surface area contributed by atoms with E-state index in [9.17, 15) is 0 Å². The predicted molar refractivity (Wildman–Crippen MR) is 258 cm³/mol. The Balaban J connectivity index is 1.72. The maximum atomic E-state index is 6.74. The zero-order chi connectivity index (χ0) is 42.3. The summed E-state index contributed by atoms with van der Waals surface area (Å²) in [4.78, 5) is 0. The molecule has 0 saturated heterocycles. The fraction of sp³-hybridized carbons (Fsp3) is 0.111. The molecule has 61 heavy (non-hydrogen) atoms. The Morgan fingerprint density at radius 1 is 0.279 bits per heavy atom. The molecule has 0 spiro atoms. The monoisotopic (exact) mass is 838 g/mol. The summed E-state index contributed by atoms with van der Waals surface area (Å²) in [5.41, 5.74) is 6.71. The Bertz CT molecular complexity index is 2640. The third-order valence-corrected chi connectivity index (χ3v) is 15.9. The number of hydrogen-bond donors (Lipinski definition) is 0. The zero-order valence-electron chi connectivity index (χ0n) is 35.3. The van der Waals surface area contributed by atoms with E-state index in [1.54, 1.807) is 35.5 Å². The first-order valence-electron chi connectivity index (χ1n) is 20.1. The van der Waals surface area contributed by atoms with Gasteiger partial charge in [0.2, 0.25) is 5.75 Å². The van der Waals surface area contributed by atoms with Gasteiger partial charge in [-0.05, 0) is 60.7 Å². The highest BCUT2D eigenvalue weighted by atomic mass is 31.1. The van der Waals surface area contributed by atoms with Gasteiger partial charge in [-0.15, -0.1) is 0 Å². The second kappa shape index (κ2) is 18.9. The van der Waals surface area contributed by atoms with Crippen molar-refractivity contribution in [3.8, 4) is 62.1 Å². The van der Waals surface area contributed by atoms with E-state index in [2.05, 4.69) is 183 Å². The van der Waals surface area contributed by atoms with Crippen LogP contribution in [-0.4, -0.2) is 35.5 Å². The second-order valence-electron chi connectivity index (χ2n) is 14.2. The molecule has 0 radical (unpaired) electrons. The van der Waals surface area contributed by atoms with Gasteiger partial charge < -0.3 is 23.7 Å². The van der Waals surface area contributed by atoms with Crippen molar-refractivity contribution >= 4 is 47.7 Å². The van der Waals surface area contributed by atoms with Gasteiger partial charge in [0.25, 0.3) is 0 Å². The molecule has 8 rings (SSSR count). The summed E-state index contributed by atoms with van der Waals surface area (Å²) in [7, 11) is 5.93. The van der Waals surface area contributed by atoms with E-state index in [-0.39, 0.29) is 0 Å². The van der Waals surface area contributed by atoms with E-state index < -0.39 is 15.8 Å². The van der Waals surface area contributed by atoms with Crippen molar-refractivity contribution in [3.63, 3.8) is 0 Å². The molecular weight excluding hydrogens is 791 g/mol. The minimum atomic E-state index is -1.34. The van der Waals surface area contributed by atoms with Gasteiger partial charge in [0, 0.05) is 32.9 Å². The summed E-state index contributed by atoms with van der Waals surface area (Å²) in [6, 6.07) is 64.3. The summed E-state index contributed by atoms with van der Waals surface area (Å²) in [6.07, 6.45) is 0. The molecular formula is C54H48O5P2. The molecule has 0 N–H and O–H groups in total. The Hall–Kier alpha value is -6.38. The molecule has 0 aliphatic carbocycles. The van der Waals surface area contributed by atoms with Crippen molar-refractivity contribution in [3.05, 3.63) is 188 Å². The largest absolute Gasteiger partial charge is 0.493 e. The smallest absolute Gasteiger partial charge is 0.204 e. The normalized spacial score (nSPS) is 11.1. The topological polar surface area (TPSA) is 46.2 Å². The molecule has 0 bridgehead atoms. The van der Waals surface area contributed by atoms with E-state index in [4.69, 9.17) is 23.7 Å². The standard InChI is InChI=1S/C54H48O5P2/c1-37-44(38-25-13-7-14-26-38)53(60(40-29-17-9-18-30-40)41-31-19-10-20-32-41)46(50(57-4)48(37)55-2)47-51(58-5)52(59-6)49(56-3)45(39-27-15-8-16-28-39)54(47)61(42-33-21-11-22-34-42)43-35-23-12-24-36-43/h7-36H,1-6H3. The molecule has 8 aromatic rings. The van der Waals surface area contributed by atoms with E-state index in [1.807, 2.05) is 6.07 Å². The van der Waals surface area contributed by atoms with Gasteiger partial charge >= 0.3 is 0 Å². The minimum absolute atomic E-state index is 0.483. The van der Waals surface area contributed by atoms with Crippen LogP contribution in [-0.2, 0) is 0 Å². The van der Waals surface area contributed by atoms with Crippen molar-refractivity contribution in [1.82, 2.24) is 0 Å². The highest BCUT2D eigenvalue weighted by Gasteiger charge is 2.39. The van der Waals surface area contributed by atoms with E-state index in [0.29, 0.717) is 28.7 Å². The molecule has 0 atom stereocenters. The zero-order valence-corrected chi connectivity index (χ0v) is 37.0. The summed E-state index contributed by atoms with van der Waals surface area (Å²) in [5.74, 6) is 2.85. The van der Waals surface area contributed by atoms with Crippen LogP contribution in [0, 0.1) is 6.92 Å². The van der Waals surface area contributed by atoms with Gasteiger partial charge in [0.15, 0.2) is 23.0 Å². The van der Waals surface area contributed by atoms with Crippen LogP contribution in [0.4, 0.5) is 0 Å². The molecule has 7 heteroatoms. The van der Waals surface area contributed by atoms with Gasteiger partial charge in [0.05, 0.1) is 35.5 Å². The highest BCUT2D eigenvalue weighted by Crippen LogP contribution is 2.59. The third kappa shape index (κ3) is 7.77. The van der Waals surface area contributed by atoms with Crippen LogP contribution < -0.4 is 55.5 Å². The van der Waals surface area contributed by atoms with Gasteiger partial charge in [-0.1, -0.05) is 182 Å². The van der Waals surface area contributed by atoms with Crippen LogP contribution in [0.15, 0.2) is 182 Å². The lowest BCUT2D eigenvalue weighted by molar-refractivity contribution is 0.326. The van der Waals surface area contributed by atoms with Crippen LogP contribution >= 0.6 is 15.8 Å². The number of methoxy groups -OCH3 is 5. The average molecular weight is 839 g/mol. The first-order chi connectivity index (χ1) is 30.1. The molecule has 0 aliphatic rings.